The van der Waals surface area contributed by atoms with Gasteiger partial charge in [0.15, 0.2) is 5.96 Å². The van der Waals surface area contributed by atoms with Gasteiger partial charge in [0.25, 0.3) is 0 Å². The molecule has 0 fully saturated rings. The lowest BCUT2D eigenvalue weighted by molar-refractivity contribution is 0.180. The van der Waals surface area contributed by atoms with E-state index >= 15 is 0 Å². The molecule has 29 heavy (non-hydrogen) atoms. The van der Waals surface area contributed by atoms with Crippen molar-refractivity contribution in [2.45, 2.75) is 37.8 Å². The minimum atomic E-state index is -3.46. The number of likely N-dealkylation sites (N-methyl/N-ethyl adjacent to an activating group) is 1. The summed E-state index contributed by atoms with van der Waals surface area (Å²) in [5.41, 5.74) is 0.982. The third kappa shape index (κ3) is 8.69. The minimum absolute atomic E-state index is 0.0882. The third-order valence-corrected chi connectivity index (χ3v) is 6.73. The molecule has 1 rings (SSSR count). The van der Waals surface area contributed by atoms with E-state index in [9.17, 15) is 8.42 Å². The summed E-state index contributed by atoms with van der Waals surface area (Å²) in [6, 6.07) is 6.86. The Morgan fingerprint density at radius 2 is 1.79 bits per heavy atom. The molecule has 0 unspecified atom stereocenters. The van der Waals surface area contributed by atoms with Crippen molar-refractivity contribution in [1.29, 1.82) is 0 Å². The third-order valence-electron chi connectivity index (χ3n) is 4.69. The molecule has 0 aliphatic heterocycles. The van der Waals surface area contributed by atoms with Gasteiger partial charge in [-0.2, -0.15) is 4.31 Å². The number of nitrogens with zero attached hydrogens (tertiary/aromatic N) is 3. The molecule has 0 aliphatic carbocycles. The predicted molar refractivity (Wildman–Crippen MR) is 119 cm³/mol. The zero-order chi connectivity index (χ0) is 21.9. The first kappa shape index (κ1) is 25.4. The molecule has 1 aromatic carbocycles. The maximum absolute atomic E-state index is 12.5. The molecule has 0 amide bonds. The lowest BCUT2D eigenvalue weighted by Crippen LogP contribution is -2.40. The number of hydrogen-bond acceptors (Lipinski definition) is 5. The van der Waals surface area contributed by atoms with Gasteiger partial charge in [0.1, 0.15) is 0 Å². The van der Waals surface area contributed by atoms with Crippen LogP contribution in [0.4, 0.5) is 0 Å². The van der Waals surface area contributed by atoms with Crippen molar-refractivity contribution in [3.05, 3.63) is 29.8 Å². The predicted octanol–water partition coefficient (Wildman–Crippen LogP) is 1.35. The molecule has 0 atom stereocenters. The molecule has 0 aliphatic rings. The van der Waals surface area contributed by atoms with E-state index in [0.29, 0.717) is 17.4 Å². The molecule has 0 heterocycles. The Morgan fingerprint density at radius 3 is 2.34 bits per heavy atom. The number of hydrogen-bond donors (Lipinski definition) is 2. The average Bonchev–Trinajstić information content (AvgIpc) is 2.70. The molecule has 0 saturated heterocycles. The number of guanidine groups is 1. The van der Waals surface area contributed by atoms with Crippen molar-refractivity contribution < 1.29 is 13.2 Å². The van der Waals surface area contributed by atoms with Gasteiger partial charge in [0, 0.05) is 60.0 Å². The summed E-state index contributed by atoms with van der Waals surface area (Å²) in [6.45, 7) is 7.71. The quantitative estimate of drug-likeness (QED) is 0.298. The van der Waals surface area contributed by atoms with Crippen molar-refractivity contribution in [1.82, 2.24) is 19.8 Å². The lowest BCUT2D eigenvalue weighted by atomic mass is 10.2. The van der Waals surface area contributed by atoms with E-state index in [0.717, 1.165) is 38.2 Å². The molecule has 9 heteroatoms. The van der Waals surface area contributed by atoms with Crippen molar-refractivity contribution in [2.24, 2.45) is 4.99 Å². The van der Waals surface area contributed by atoms with Crippen LogP contribution < -0.4 is 10.6 Å². The van der Waals surface area contributed by atoms with E-state index < -0.39 is 10.0 Å². The van der Waals surface area contributed by atoms with Crippen LogP contribution in [-0.2, 0) is 21.3 Å². The molecule has 166 valence electrons. The van der Waals surface area contributed by atoms with Crippen molar-refractivity contribution in [2.75, 3.05) is 54.5 Å². The van der Waals surface area contributed by atoms with Crippen LogP contribution in [0.1, 0.15) is 25.8 Å². The van der Waals surface area contributed by atoms with Crippen LogP contribution in [0.2, 0.25) is 0 Å². The highest BCUT2D eigenvalue weighted by Crippen LogP contribution is 2.17. The molecule has 0 radical (unpaired) electrons. The summed E-state index contributed by atoms with van der Waals surface area (Å²) < 4.78 is 31.5. The number of rotatable bonds is 12. The molecule has 0 bridgehead atoms. The molecule has 0 saturated carbocycles. The van der Waals surface area contributed by atoms with E-state index in [4.69, 9.17) is 4.74 Å². The molecule has 0 aromatic heterocycles. The van der Waals surface area contributed by atoms with Crippen molar-refractivity contribution in [3.8, 4) is 0 Å². The van der Waals surface area contributed by atoms with Gasteiger partial charge in [-0.3, -0.25) is 4.99 Å². The second-order valence-corrected chi connectivity index (χ2v) is 9.26. The summed E-state index contributed by atoms with van der Waals surface area (Å²) in [5.74, 6) is 0.714. The summed E-state index contributed by atoms with van der Waals surface area (Å²) in [6.07, 6.45) is 1.01. The normalized spacial score (nSPS) is 12.8. The molecule has 0 spiro atoms. The van der Waals surface area contributed by atoms with Crippen LogP contribution in [0, 0.1) is 0 Å². The molecule has 8 nitrogen and oxygen atoms in total. The van der Waals surface area contributed by atoms with E-state index in [2.05, 4.69) is 27.6 Å². The maximum Gasteiger partial charge on any atom is 0.243 e. The van der Waals surface area contributed by atoms with Gasteiger partial charge in [0.05, 0.1) is 4.90 Å². The smallest absolute Gasteiger partial charge is 0.243 e. The Hall–Kier alpha value is -1.68. The second-order valence-electron chi connectivity index (χ2n) is 7.26. The highest BCUT2D eigenvalue weighted by Gasteiger charge is 2.22. The van der Waals surface area contributed by atoms with Gasteiger partial charge in [-0.1, -0.05) is 12.1 Å². The van der Waals surface area contributed by atoms with Crippen molar-refractivity contribution in [3.63, 3.8) is 0 Å². The topological polar surface area (TPSA) is 86.3 Å². The Balaban J connectivity index is 2.49. The fourth-order valence-electron chi connectivity index (χ4n) is 2.59. The molecule has 1 aromatic rings. The highest BCUT2D eigenvalue weighted by molar-refractivity contribution is 7.89. The van der Waals surface area contributed by atoms with Crippen LogP contribution in [0.3, 0.4) is 0 Å². The number of benzene rings is 1. The van der Waals surface area contributed by atoms with Crippen LogP contribution in [0.5, 0.6) is 0 Å². The fraction of sp³-hybridized carbons (Fsp3) is 0.650. The lowest BCUT2D eigenvalue weighted by Gasteiger charge is -2.21. The highest BCUT2D eigenvalue weighted by atomic mass is 32.2. The van der Waals surface area contributed by atoms with E-state index in [1.165, 1.54) is 4.31 Å². The van der Waals surface area contributed by atoms with Crippen LogP contribution in [-0.4, -0.2) is 84.1 Å². The molecular weight excluding hydrogens is 390 g/mol. The first-order valence-corrected chi connectivity index (χ1v) is 11.3. The van der Waals surface area contributed by atoms with Gasteiger partial charge in [0.2, 0.25) is 10.0 Å². The summed E-state index contributed by atoms with van der Waals surface area (Å²) in [7, 11) is 3.67. The van der Waals surface area contributed by atoms with Crippen LogP contribution in [0.15, 0.2) is 34.2 Å². The molecular formula is C20H37N5O3S. The Bertz CT molecular complexity index is 720. The van der Waals surface area contributed by atoms with Gasteiger partial charge in [-0.05, 0) is 45.0 Å². The monoisotopic (exact) mass is 427 g/mol. The summed E-state index contributed by atoms with van der Waals surface area (Å²) >= 11 is 0. The largest absolute Gasteiger partial charge is 0.385 e. The number of sulfonamides is 1. The zero-order valence-electron chi connectivity index (χ0n) is 18.6. The van der Waals surface area contributed by atoms with Crippen LogP contribution in [0.25, 0.3) is 0 Å². The Morgan fingerprint density at radius 1 is 1.14 bits per heavy atom. The van der Waals surface area contributed by atoms with E-state index in [1.807, 2.05) is 26.0 Å². The SMILES string of the molecule is CN=C(NCCN(C)CCCOC)NCc1ccc(S(=O)(=O)N(C)C(C)C)cc1. The number of methoxy groups -OCH3 is 1. The zero-order valence-corrected chi connectivity index (χ0v) is 19.4. The number of ether oxygens (including phenoxy) is 1. The minimum Gasteiger partial charge on any atom is -0.385 e. The average molecular weight is 428 g/mol. The number of nitrogens with one attached hydrogen (secondary N) is 2. The van der Waals surface area contributed by atoms with E-state index in [1.54, 1.807) is 33.3 Å². The first-order valence-electron chi connectivity index (χ1n) is 9.91. The van der Waals surface area contributed by atoms with Gasteiger partial charge < -0.3 is 20.3 Å². The van der Waals surface area contributed by atoms with Gasteiger partial charge in [-0.15, -0.1) is 0 Å². The summed E-state index contributed by atoms with van der Waals surface area (Å²) in [5, 5.41) is 6.54. The first-order chi connectivity index (χ1) is 13.7. The summed E-state index contributed by atoms with van der Waals surface area (Å²) in [4.78, 5) is 6.77. The maximum atomic E-state index is 12.5. The number of aliphatic imine (C=N–C) groups is 1. The van der Waals surface area contributed by atoms with E-state index in [-0.39, 0.29) is 6.04 Å². The van der Waals surface area contributed by atoms with Crippen LogP contribution >= 0.6 is 0 Å². The molecule has 2 N–H and O–H groups in total. The fourth-order valence-corrected chi connectivity index (χ4v) is 3.95. The van der Waals surface area contributed by atoms with Crippen molar-refractivity contribution >= 4 is 16.0 Å². The Kier molecular flexibility index (Phi) is 11.2. The van der Waals surface area contributed by atoms with Gasteiger partial charge in [-0.25, -0.2) is 8.42 Å². The second kappa shape index (κ2) is 12.8. The standard InChI is InChI=1S/C20H37N5O3S/c1-17(2)25(5)29(26,27)19-10-8-18(9-11-19)16-23-20(21-3)22-12-14-24(4)13-7-15-28-6/h8-11,17H,7,12-16H2,1-6H3,(H2,21,22,23). The van der Waals surface area contributed by atoms with Gasteiger partial charge >= 0.3 is 0 Å². The Labute approximate surface area is 176 Å².